The maximum atomic E-state index is 5.59. The van der Waals surface area contributed by atoms with Crippen LogP contribution in [-0.4, -0.2) is 35.4 Å². The van der Waals surface area contributed by atoms with Crippen molar-refractivity contribution in [3.05, 3.63) is 5.69 Å². The Hall–Kier alpha value is -0.720. The molecular weight excluding hydrogens is 226 g/mol. The summed E-state index contributed by atoms with van der Waals surface area (Å²) in [6.07, 6.45) is 2.53. The summed E-state index contributed by atoms with van der Waals surface area (Å²) in [4.78, 5) is 0. The predicted molar refractivity (Wildman–Crippen MR) is 62.7 cm³/mol. The van der Waals surface area contributed by atoms with E-state index in [0.717, 1.165) is 36.7 Å². The first-order valence-electron chi connectivity index (χ1n) is 5.64. The Kier molecular flexibility index (Phi) is 4.50. The molecule has 1 aliphatic rings. The fourth-order valence-corrected chi connectivity index (χ4v) is 2.30. The van der Waals surface area contributed by atoms with Gasteiger partial charge in [0.05, 0.1) is 19.3 Å². The van der Waals surface area contributed by atoms with Gasteiger partial charge in [-0.2, -0.15) is 0 Å². The van der Waals surface area contributed by atoms with E-state index in [4.69, 9.17) is 9.47 Å². The highest BCUT2D eigenvalue weighted by Crippen LogP contribution is 2.19. The highest BCUT2D eigenvalue weighted by atomic mass is 32.1. The van der Waals surface area contributed by atoms with Crippen molar-refractivity contribution in [1.29, 1.82) is 0 Å². The Morgan fingerprint density at radius 2 is 2.56 bits per heavy atom. The first-order chi connectivity index (χ1) is 7.90. The molecule has 0 amide bonds. The van der Waals surface area contributed by atoms with Crippen LogP contribution in [0.15, 0.2) is 0 Å². The van der Waals surface area contributed by atoms with Crippen molar-refractivity contribution in [3.8, 4) is 0 Å². The van der Waals surface area contributed by atoms with Gasteiger partial charge in [-0.15, -0.1) is 5.10 Å². The van der Waals surface area contributed by atoms with E-state index < -0.39 is 0 Å². The zero-order valence-corrected chi connectivity index (χ0v) is 10.3. The highest BCUT2D eigenvalue weighted by molar-refractivity contribution is 7.10. The van der Waals surface area contributed by atoms with Gasteiger partial charge in [0.25, 0.3) is 0 Å². The monoisotopic (exact) mass is 243 g/mol. The molecule has 2 rings (SSSR count). The van der Waals surface area contributed by atoms with E-state index in [-0.39, 0.29) is 6.10 Å². The van der Waals surface area contributed by atoms with Gasteiger partial charge in [0.2, 0.25) is 0 Å². The third-order valence-electron chi connectivity index (χ3n) is 2.46. The van der Waals surface area contributed by atoms with Gasteiger partial charge in [0.15, 0.2) is 0 Å². The van der Waals surface area contributed by atoms with Crippen LogP contribution in [-0.2, 0) is 16.1 Å². The molecule has 0 saturated carbocycles. The second kappa shape index (κ2) is 6.12. The normalized spacial score (nSPS) is 20.2. The predicted octanol–water partition coefficient (Wildman–Crippen LogP) is 1.67. The van der Waals surface area contributed by atoms with Gasteiger partial charge in [-0.25, -0.2) is 0 Å². The lowest BCUT2D eigenvalue weighted by molar-refractivity contribution is 0.00979. The van der Waals surface area contributed by atoms with Gasteiger partial charge in [0.1, 0.15) is 10.7 Å². The van der Waals surface area contributed by atoms with Crippen LogP contribution in [0.4, 0.5) is 5.00 Å². The number of hydrogen-bond donors (Lipinski definition) is 1. The summed E-state index contributed by atoms with van der Waals surface area (Å²) in [6.45, 7) is 4.97. The zero-order chi connectivity index (χ0) is 11.2. The summed E-state index contributed by atoms with van der Waals surface area (Å²) in [5.41, 5.74) is 0.893. The van der Waals surface area contributed by atoms with E-state index in [9.17, 15) is 0 Å². The van der Waals surface area contributed by atoms with Crippen LogP contribution in [0, 0.1) is 0 Å². The third-order valence-corrected chi connectivity index (χ3v) is 3.19. The molecule has 1 aromatic rings. The molecule has 6 heteroatoms. The van der Waals surface area contributed by atoms with Crippen LogP contribution in [0.3, 0.4) is 0 Å². The molecule has 1 aromatic heterocycles. The Bertz CT molecular complexity index is 313. The van der Waals surface area contributed by atoms with Crippen LogP contribution in [0.2, 0.25) is 0 Å². The standard InChI is InChI=1S/C10H17N3O2S/c1-2-11-10-9(12-13-16-10)7-14-6-8-4-3-5-15-8/h8,11H,2-7H2,1H3. The third kappa shape index (κ3) is 3.13. The molecule has 1 aliphatic heterocycles. The van der Waals surface area contributed by atoms with Crippen LogP contribution < -0.4 is 5.32 Å². The highest BCUT2D eigenvalue weighted by Gasteiger charge is 2.16. The summed E-state index contributed by atoms with van der Waals surface area (Å²) in [7, 11) is 0. The van der Waals surface area contributed by atoms with Gasteiger partial charge < -0.3 is 14.8 Å². The number of anilines is 1. The molecule has 1 unspecified atom stereocenters. The van der Waals surface area contributed by atoms with Gasteiger partial charge in [-0.1, -0.05) is 4.49 Å². The Balaban J connectivity index is 1.73. The molecule has 0 bridgehead atoms. The second-order valence-electron chi connectivity index (χ2n) is 3.73. The van der Waals surface area contributed by atoms with Crippen molar-refractivity contribution in [1.82, 2.24) is 9.59 Å². The lowest BCUT2D eigenvalue weighted by atomic mass is 10.2. The molecule has 2 heterocycles. The van der Waals surface area contributed by atoms with E-state index >= 15 is 0 Å². The van der Waals surface area contributed by atoms with Crippen LogP contribution in [0.1, 0.15) is 25.5 Å². The minimum absolute atomic E-state index is 0.272. The van der Waals surface area contributed by atoms with Crippen LogP contribution in [0.5, 0.6) is 0 Å². The molecule has 0 spiro atoms. The molecule has 0 radical (unpaired) electrons. The Labute approximate surface area is 99.3 Å². The lowest BCUT2D eigenvalue weighted by Gasteiger charge is -2.09. The number of hydrogen-bond acceptors (Lipinski definition) is 6. The van der Waals surface area contributed by atoms with E-state index in [2.05, 4.69) is 21.8 Å². The maximum absolute atomic E-state index is 5.59. The number of nitrogens with one attached hydrogen (secondary N) is 1. The fraction of sp³-hybridized carbons (Fsp3) is 0.800. The minimum Gasteiger partial charge on any atom is -0.376 e. The number of rotatable bonds is 6. The van der Waals surface area contributed by atoms with Gasteiger partial charge >= 0.3 is 0 Å². The average Bonchev–Trinajstić information content (AvgIpc) is 2.91. The summed E-state index contributed by atoms with van der Waals surface area (Å²) >= 11 is 1.37. The first kappa shape index (κ1) is 11.8. The smallest absolute Gasteiger partial charge is 0.135 e. The molecule has 1 saturated heterocycles. The Morgan fingerprint density at radius 1 is 1.62 bits per heavy atom. The van der Waals surface area contributed by atoms with Crippen molar-refractivity contribution < 1.29 is 9.47 Å². The van der Waals surface area contributed by atoms with Crippen molar-refractivity contribution in [2.75, 3.05) is 25.1 Å². The largest absolute Gasteiger partial charge is 0.376 e. The fourth-order valence-electron chi connectivity index (χ4n) is 1.66. The summed E-state index contributed by atoms with van der Waals surface area (Å²) in [6, 6.07) is 0. The van der Waals surface area contributed by atoms with Gasteiger partial charge in [0, 0.05) is 24.7 Å². The van der Waals surface area contributed by atoms with E-state index in [1.54, 1.807) is 0 Å². The molecule has 1 atom stereocenters. The Morgan fingerprint density at radius 3 is 3.31 bits per heavy atom. The molecule has 5 nitrogen and oxygen atoms in total. The molecular formula is C10H17N3O2S. The number of nitrogens with zero attached hydrogens (tertiary/aromatic N) is 2. The van der Waals surface area contributed by atoms with Crippen molar-refractivity contribution in [3.63, 3.8) is 0 Å². The van der Waals surface area contributed by atoms with E-state index in [1.807, 2.05) is 0 Å². The molecule has 90 valence electrons. The number of aromatic nitrogens is 2. The van der Waals surface area contributed by atoms with Gasteiger partial charge in [-0.05, 0) is 19.8 Å². The first-order valence-corrected chi connectivity index (χ1v) is 6.42. The van der Waals surface area contributed by atoms with Crippen molar-refractivity contribution >= 4 is 16.5 Å². The van der Waals surface area contributed by atoms with Crippen LogP contribution in [0.25, 0.3) is 0 Å². The number of ether oxygens (including phenoxy) is 2. The van der Waals surface area contributed by atoms with Crippen LogP contribution >= 0.6 is 11.5 Å². The topological polar surface area (TPSA) is 56.3 Å². The van der Waals surface area contributed by atoms with Gasteiger partial charge in [-0.3, -0.25) is 0 Å². The van der Waals surface area contributed by atoms with E-state index in [1.165, 1.54) is 11.5 Å². The summed E-state index contributed by atoms with van der Waals surface area (Å²) < 4.78 is 15.0. The van der Waals surface area contributed by atoms with Crippen molar-refractivity contribution in [2.24, 2.45) is 0 Å². The molecule has 1 fully saturated rings. The minimum atomic E-state index is 0.272. The molecule has 1 N–H and O–H groups in total. The second-order valence-corrected chi connectivity index (χ2v) is 4.48. The van der Waals surface area contributed by atoms with Crippen molar-refractivity contribution in [2.45, 2.75) is 32.5 Å². The molecule has 0 aromatic carbocycles. The lowest BCUT2D eigenvalue weighted by Crippen LogP contribution is -2.14. The van der Waals surface area contributed by atoms with E-state index in [0.29, 0.717) is 13.2 Å². The quantitative estimate of drug-likeness (QED) is 0.823. The zero-order valence-electron chi connectivity index (χ0n) is 9.44. The average molecular weight is 243 g/mol. The SMILES string of the molecule is CCNc1snnc1COCC1CCCO1. The summed E-state index contributed by atoms with van der Waals surface area (Å²) in [5, 5.41) is 8.27. The summed E-state index contributed by atoms with van der Waals surface area (Å²) in [5.74, 6) is 0. The maximum Gasteiger partial charge on any atom is 0.135 e. The molecule has 0 aliphatic carbocycles. The molecule has 16 heavy (non-hydrogen) atoms.